The number of benzene rings is 3. The zero-order valence-electron chi connectivity index (χ0n) is 19.1. The van der Waals surface area contributed by atoms with Gasteiger partial charge >= 0.3 is 5.97 Å². The van der Waals surface area contributed by atoms with Gasteiger partial charge in [-0.25, -0.2) is 0 Å². The van der Waals surface area contributed by atoms with Crippen LogP contribution in [0.2, 0.25) is 0 Å². The predicted molar refractivity (Wildman–Crippen MR) is 131 cm³/mol. The van der Waals surface area contributed by atoms with Crippen LogP contribution in [0.5, 0.6) is 0 Å². The van der Waals surface area contributed by atoms with E-state index >= 15 is 0 Å². The average Bonchev–Trinajstić information content (AvgIpc) is 2.89. The normalized spacial score (nSPS) is 12.2. The molecule has 0 spiro atoms. The maximum atomic E-state index is 12.3. The third-order valence-electron chi connectivity index (χ3n) is 5.88. The lowest BCUT2D eigenvalue weighted by Crippen LogP contribution is -2.34. The van der Waals surface area contributed by atoms with Crippen molar-refractivity contribution < 1.29 is 24.6 Å². The van der Waals surface area contributed by atoms with E-state index in [-0.39, 0.29) is 30.5 Å². The molecule has 0 fully saturated rings. The number of nitrogens with zero attached hydrogens (tertiary/aromatic N) is 1. The standard InChI is InChI=1S/C28H26N2O5/c29-17-20-7-12-22(13-8-20)21-10-5-19(6-11-21)9-14-26(32)25(28(34)35)15-16-30-27(33)24-4-2-1-3-23(24)18-31/h1-8,10-13,18,25-26,32H,9,14-16H2,(H,30,33)(H,34,35). The van der Waals surface area contributed by atoms with Gasteiger partial charge in [0.15, 0.2) is 6.29 Å². The molecule has 3 N–H and O–H groups in total. The molecule has 35 heavy (non-hydrogen) atoms. The van der Waals surface area contributed by atoms with Crippen molar-refractivity contribution in [3.8, 4) is 17.2 Å². The minimum Gasteiger partial charge on any atom is -0.481 e. The molecule has 0 saturated carbocycles. The van der Waals surface area contributed by atoms with Crippen LogP contribution >= 0.6 is 0 Å². The summed E-state index contributed by atoms with van der Waals surface area (Å²) in [5.41, 5.74) is 4.01. The number of hydrogen-bond donors (Lipinski definition) is 3. The van der Waals surface area contributed by atoms with Crippen molar-refractivity contribution in [2.75, 3.05) is 6.54 Å². The Bertz CT molecular complexity index is 1210. The van der Waals surface area contributed by atoms with E-state index in [9.17, 15) is 24.6 Å². The van der Waals surface area contributed by atoms with Gasteiger partial charge in [0.05, 0.1) is 23.7 Å². The fourth-order valence-corrected chi connectivity index (χ4v) is 3.84. The molecule has 3 aromatic carbocycles. The van der Waals surface area contributed by atoms with E-state index in [1.807, 2.05) is 36.4 Å². The molecule has 3 rings (SSSR count). The van der Waals surface area contributed by atoms with E-state index in [0.29, 0.717) is 18.3 Å². The maximum Gasteiger partial charge on any atom is 0.309 e. The SMILES string of the molecule is N#Cc1ccc(-c2ccc(CCC(O)C(CCNC(=O)c3ccccc3C=O)C(=O)O)cc2)cc1. The molecule has 0 radical (unpaired) electrons. The van der Waals surface area contributed by atoms with Crippen LogP contribution < -0.4 is 5.32 Å². The van der Waals surface area contributed by atoms with Crippen LogP contribution in [-0.4, -0.2) is 41.0 Å². The number of rotatable bonds is 11. The molecule has 178 valence electrons. The van der Waals surface area contributed by atoms with Crippen molar-refractivity contribution in [2.45, 2.75) is 25.4 Å². The van der Waals surface area contributed by atoms with E-state index in [1.54, 1.807) is 24.3 Å². The first kappa shape index (κ1) is 25.3. The number of aliphatic hydroxyl groups excluding tert-OH is 1. The van der Waals surface area contributed by atoms with Crippen molar-refractivity contribution in [1.82, 2.24) is 5.32 Å². The number of hydrogen-bond acceptors (Lipinski definition) is 5. The van der Waals surface area contributed by atoms with Gasteiger partial charge in [-0.2, -0.15) is 5.26 Å². The number of amides is 1. The topological polar surface area (TPSA) is 127 Å². The molecule has 2 atom stereocenters. The molecule has 0 aliphatic rings. The minimum absolute atomic E-state index is 0.0549. The summed E-state index contributed by atoms with van der Waals surface area (Å²) >= 11 is 0. The van der Waals surface area contributed by atoms with E-state index in [0.717, 1.165) is 16.7 Å². The van der Waals surface area contributed by atoms with E-state index < -0.39 is 23.9 Å². The highest BCUT2D eigenvalue weighted by molar-refractivity contribution is 6.01. The molecule has 0 aromatic heterocycles. The van der Waals surface area contributed by atoms with Crippen LogP contribution in [0.15, 0.2) is 72.8 Å². The van der Waals surface area contributed by atoms with Crippen molar-refractivity contribution in [2.24, 2.45) is 5.92 Å². The molecule has 0 heterocycles. The summed E-state index contributed by atoms with van der Waals surface area (Å²) in [6.45, 7) is 0.0549. The summed E-state index contributed by atoms with van der Waals surface area (Å²) in [5, 5.41) is 31.6. The summed E-state index contributed by atoms with van der Waals surface area (Å²) in [7, 11) is 0. The number of carbonyl (C=O) groups is 3. The highest BCUT2D eigenvalue weighted by atomic mass is 16.4. The van der Waals surface area contributed by atoms with Gasteiger partial charge < -0.3 is 15.5 Å². The molecule has 0 aliphatic carbocycles. The zero-order valence-corrected chi connectivity index (χ0v) is 19.1. The van der Waals surface area contributed by atoms with Crippen LogP contribution in [-0.2, 0) is 11.2 Å². The largest absolute Gasteiger partial charge is 0.481 e. The van der Waals surface area contributed by atoms with Crippen LogP contribution in [0.3, 0.4) is 0 Å². The second-order valence-corrected chi connectivity index (χ2v) is 8.19. The third kappa shape index (κ3) is 6.85. The number of nitriles is 1. The molecule has 3 aromatic rings. The number of carbonyl (C=O) groups excluding carboxylic acids is 2. The molecule has 0 aliphatic heterocycles. The summed E-state index contributed by atoms with van der Waals surface area (Å²) in [4.78, 5) is 35.1. The lowest BCUT2D eigenvalue weighted by atomic mass is 9.93. The Labute approximate surface area is 203 Å². The first-order chi connectivity index (χ1) is 16.9. The van der Waals surface area contributed by atoms with Gasteiger partial charge in [-0.15, -0.1) is 0 Å². The first-order valence-corrected chi connectivity index (χ1v) is 11.3. The minimum atomic E-state index is -1.13. The summed E-state index contributed by atoms with van der Waals surface area (Å²) in [6, 6.07) is 23.5. The number of aliphatic hydroxyl groups is 1. The Hall–Kier alpha value is -4.28. The van der Waals surface area contributed by atoms with Crippen LogP contribution in [0, 0.1) is 17.2 Å². The van der Waals surface area contributed by atoms with Crippen LogP contribution in [0.4, 0.5) is 0 Å². The number of nitrogens with one attached hydrogen (secondary N) is 1. The Morgan fingerprint density at radius 3 is 2.17 bits per heavy atom. The zero-order chi connectivity index (χ0) is 25.2. The summed E-state index contributed by atoms with van der Waals surface area (Å²) in [5.74, 6) is -2.63. The summed E-state index contributed by atoms with van der Waals surface area (Å²) in [6.07, 6.45) is 0.329. The van der Waals surface area contributed by atoms with Gasteiger partial charge in [0.2, 0.25) is 0 Å². The highest BCUT2D eigenvalue weighted by Gasteiger charge is 2.26. The molecule has 0 bridgehead atoms. The van der Waals surface area contributed by atoms with Crippen molar-refractivity contribution >= 4 is 18.2 Å². The third-order valence-corrected chi connectivity index (χ3v) is 5.88. The molecule has 2 unspecified atom stereocenters. The highest BCUT2D eigenvalue weighted by Crippen LogP contribution is 2.22. The van der Waals surface area contributed by atoms with Gasteiger partial charge in [0.25, 0.3) is 5.91 Å². The molecule has 7 heteroatoms. The van der Waals surface area contributed by atoms with E-state index in [1.165, 1.54) is 12.1 Å². The average molecular weight is 471 g/mol. The lowest BCUT2D eigenvalue weighted by Gasteiger charge is -2.19. The van der Waals surface area contributed by atoms with E-state index in [2.05, 4.69) is 11.4 Å². The first-order valence-electron chi connectivity index (χ1n) is 11.3. The van der Waals surface area contributed by atoms with Gasteiger partial charge in [-0.1, -0.05) is 54.6 Å². The number of carboxylic acid groups (broad SMARTS) is 1. The van der Waals surface area contributed by atoms with Crippen molar-refractivity contribution in [1.29, 1.82) is 5.26 Å². The van der Waals surface area contributed by atoms with Gasteiger partial charge in [0, 0.05) is 17.7 Å². The van der Waals surface area contributed by atoms with Crippen LogP contribution in [0.1, 0.15) is 44.7 Å². The fourth-order valence-electron chi connectivity index (χ4n) is 3.84. The monoisotopic (exact) mass is 470 g/mol. The Morgan fingerprint density at radius 2 is 1.57 bits per heavy atom. The molecular weight excluding hydrogens is 444 g/mol. The molecule has 7 nitrogen and oxygen atoms in total. The van der Waals surface area contributed by atoms with Crippen LogP contribution in [0.25, 0.3) is 11.1 Å². The second kappa shape index (κ2) is 12.3. The number of aldehydes is 1. The Balaban J connectivity index is 1.52. The van der Waals surface area contributed by atoms with E-state index in [4.69, 9.17) is 5.26 Å². The Morgan fingerprint density at radius 1 is 0.943 bits per heavy atom. The van der Waals surface area contributed by atoms with Gasteiger partial charge in [-0.3, -0.25) is 14.4 Å². The molecule has 0 saturated heterocycles. The smallest absolute Gasteiger partial charge is 0.309 e. The van der Waals surface area contributed by atoms with Gasteiger partial charge in [-0.05, 0) is 54.2 Å². The maximum absolute atomic E-state index is 12.3. The lowest BCUT2D eigenvalue weighted by molar-refractivity contribution is -0.146. The Kier molecular flexibility index (Phi) is 8.88. The quantitative estimate of drug-likeness (QED) is 0.365. The number of carboxylic acids is 1. The molecular formula is C28H26N2O5. The fraction of sp³-hybridized carbons (Fsp3) is 0.214. The second-order valence-electron chi connectivity index (χ2n) is 8.19. The number of aryl methyl sites for hydroxylation is 1. The summed E-state index contributed by atoms with van der Waals surface area (Å²) < 4.78 is 0. The molecule has 1 amide bonds. The van der Waals surface area contributed by atoms with Gasteiger partial charge in [0.1, 0.15) is 0 Å². The van der Waals surface area contributed by atoms with Crippen molar-refractivity contribution in [3.63, 3.8) is 0 Å². The van der Waals surface area contributed by atoms with Crippen molar-refractivity contribution in [3.05, 3.63) is 95.1 Å². The number of aliphatic carboxylic acids is 1. The predicted octanol–water partition coefficient (Wildman–Crippen LogP) is 3.85.